The number of aryl methyl sites for hydroxylation is 1. The summed E-state index contributed by atoms with van der Waals surface area (Å²) in [6, 6.07) is 10.3. The Morgan fingerprint density at radius 2 is 1.75 bits per heavy atom. The van der Waals surface area contributed by atoms with Crippen molar-refractivity contribution in [2.24, 2.45) is 10.8 Å². The molecule has 0 aliphatic carbocycles. The van der Waals surface area contributed by atoms with Gasteiger partial charge in [0, 0.05) is 5.41 Å². The van der Waals surface area contributed by atoms with Crippen LogP contribution in [0.15, 0.2) is 55.1 Å². The van der Waals surface area contributed by atoms with Crippen LogP contribution in [-0.2, 0) is 11.2 Å². The Morgan fingerprint density at radius 1 is 1.15 bits per heavy atom. The summed E-state index contributed by atoms with van der Waals surface area (Å²) in [6.07, 6.45) is 7.14. The molecule has 0 amide bonds. The zero-order chi connectivity index (χ0) is 15.2. The summed E-state index contributed by atoms with van der Waals surface area (Å²) in [7, 11) is 0. The second-order valence-corrected chi connectivity index (χ2v) is 6.67. The quantitative estimate of drug-likeness (QED) is 0.526. The highest BCUT2D eigenvalue weighted by Crippen LogP contribution is 2.28. The first-order chi connectivity index (χ1) is 9.27. The van der Waals surface area contributed by atoms with Gasteiger partial charge < -0.3 is 0 Å². The lowest BCUT2D eigenvalue weighted by molar-refractivity contribution is -0.121. The molecule has 0 saturated heterocycles. The summed E-state index contributed by atoms with van der Waals surface area (Å²) in [5.41, 5.74) is 0.794. The van der Waals surface area contributed by atoms with Crippen LogP contribution in [0, 0.1) is 10.8 Å². The fourth-order valence-electron chi connectivity index (χ4n) is 1.89. The average molecular weight is 270 g/mol. The molecule has 1 aromatic carbocycles. The number of rotatable bonds is 6. The SMILES string of the molecule is C=CC(C)(CCc1ccccc1)C(=O)/C=C/C(C)(C)C. The van der Waals surface area contributed by atoms with Crippen LogP contribution in [0.1, 0.15) is 39.7 Å². The van der Waals surface area contributed by atoms with Gasteiger partial charge in [-0.1, -0.05) is 63.3 Å². The van der Waals surface area contributed by atoms with Gasteiger partial charge in [0.15, 0.2) is 5.78 Å². The average Bonchev–Trinajstić information content (AvgIpc) is 2.42. The van der Waals surface area contributed by atoms with E-state index in [9.17, 15) is 4.79 Å². The molecule has 108 valence electrons. The van der Waals surface area contributed by atoms with E-state index in [-0.39, 0.29) is 11.2 Å². The molecule has 0 aliphatic heterocycles. The second-order valence-electron chi connectivity index (χ2n) is 6.67. The number of hydrogen-bond acceptors (Lipinski definition) is 1. The highest BCUT2D eigenvalue weighted by atomic mass is 16.1. The highest BCUT2D eigenvalue weighted by molar-refractivity contribution is 5.96. The number of carbonyl (C=O) groups is 1. The first-order valence-electron chi connectivity index (χ1n) is 7.18. The Bertz CT molecular complexity index is 476. The zero-order valence-corrected chi connectivity index (χ0v) is 13.1. The van der Waals surface area contributed by atoms with E-state index in [1.165, 1.54) is 5.56 Å². The Hall–Kier alpha value is -1.63. The standard InChI is InChI=1S/C19H26O/c1-6-19(5,17(20)13-14-18(2,3)4)15-12-16-10-8-7-9-11-16/h6-11,13-14H,1,12,15H2,2-5H3/b14-13+. The van der Waals surface area contributed by atoms with E-state index < -0.39 is 5.41 Å². The molecule has 1 aromatic rings. The van der Waals surface area contributed by atoms with Gasteiger partial charge in [0.2, 0.25) is 0 Å². The minimum atomic E-state index is -0.489. The van der Waals surface area contributed by atoms with Crippen molar-refractivity contribution in [2.45, 2.75) is 40.5 Å². The first kappa shape index (κ1) is 16.4. The van der Waals surface area contributed by atoms with Gasteiger partial charge in [0.05, 0.1) is 0 Å². The van der Waals surface area contributed by atoms with Gasteiger partial charge in [-0.3, -0.25) is 4.79 Å². The fourth-order valence-corrected chi connectivity index (χ4v) is 1.89. The highest BCUT2D eigenvalue weighted by Gasteiger charge is 2.27. The van der Waals surface area contributed by atoms with Crippen molar-refractivity contribution in [2.75, 3.05) is 0 Å². The summed E-state index contributed by atoms with van der Waals surface area (Å²) < 4.78 is 0. The van der Waals surface area contributed by atoms with Gasteiger partial charge >= 0.3 is 0 Å². The molecule has 0 N–H and O–H groups in total. The maximum Gasteiger partial charge on any atom is 0.165 e. The van der Waals surface area contributed by atoms with E-state index in [4.69, 9.17) is 0 Å². The second kappa shape index (κ2) is 6.69. The molecule has 0 spiro atoms. The van der Waals surface area contributed by atoms with Gasteiger partial charge in [0.1, 0.15) is 0 Å². The molecule has 0 radical (unpaired) electrons. The van der Waals surface area contributed by atoms with Gasteiger partial charge in [-0.25, -0.2) is 0 Å². The predicted molar refractivity (Wildman–Crippen MR) is 86.7 cm³/mol. The van der Waals surface area contributed by atoms with Gasteiger partial charge in [-0.05, 0) is 36.8 Å². The third-order valence-electron chi connectivity index (χ3n) is 3.52. The molecule has 0 heterocycles. The summed E-state index contributed by atoms with van der Waals surface area (Å²) in [4.78, 5) is 12.4. The maximum absolute atomic E-state index is 12.4. The number of ketones is 1. The van der Waals surface area contributed by atoms with Gasteiger partial charge in [0.25, 0.3) is 0 Å². The molecule has 1 unspecified atom stereocenters. The zero-order valence-electron chi connectivity index (χ0n) is 13.1. The van der Waals surface area contributed by atoms with Gasteiger partial charge in [-0.15, -0.1) is 6.58 Å². The fraction of sp³-hybridized carbons (Fsp3) is 0.421. The molecule has 1 rings (SSSR count). The topological polar surface area (TPSA) is 17.1 Å². The van der Waals surface area contributed by atoms with Gasteiger partial charge in [-0.2, -0.15) is 0 Å². The summed E-state index contributed by atoms with van der Waals surface area (Å²) in [6.45, 7) is 12.1. The van der Waals surface area contributed by atoms with Crippen LogP contribution in [0.4, 0.5) is 0 Å². The number of benzene rings is 1. The Morgan fingerprint density at radius 3 is 2.25 bits per heavy atom. The number of hydrogen-bond donors (Lipinski definition) is 0. The minimum Gasteiger partial charge on any atom is -0.294 e. The molecule has 1 atom stereocenters. The van der Waals surface area contributed by atoms with Crippen molar-refractivity contribution in [3.05, 3.63) is 60.7 Å². The normalized spacial score (nSPS) is 15.0. The molecule has 20 heavy (non-hydrogen) atoms. The minimum absolute atomic E-state index is 0.0250. The third kappa shape index (κ3) is 5.16. The number of carbonyl (C=O) groups excluding carboxylic acids is 1. The predicted octanol–water partition coefficient (Wildman–Crippen LogP) is 4.98. The summed E-state index contributed by atoms with van der Waals surface area (Å²) >= 11 is 0. The monoisotopic (exact) mass is 270 g/mol. The van der Waals surface area contributed by atoms with Crippen molar-refractivity contribution in [3.8, 4) is 0 Å². The van der Waals surface area contributed by atoms with E-state index in [1.54, 1.807) is 12.2 Å². The summed E-state index contributed by atoms with van der Waals surface area (Å²) in [5.74, 6) is 0.137. The Kier molecular flexibility index (Phi) is 5.50. The van der Waals surface area contributed by atoms with E-state index in [0.717, 1.165) is 12.8 Å². The molecule has 0 aromatic heterocycles. The van der Waals surface area contributed by atoms with Crippen LogP contribution in [-0.4, -0.2) is 5.78 Å². The lowest BCUT2D eigenvalue weighted by Gasteiger charge is -2.23. The van der Waals surface area contributed by atoms with E-state index in [2.05, 4.69) is 39.5 Å². The molecule has 1 heteroatoms. The van der Waals surface area contributed by atoms with Crippen molar-refractivity contribution in [1.82, 2.24) is 0 Å². The first-order valence-corrected chi connectivity index (χ1v) is 7.18. The molecule has 0 aliphatic rings. The lowest BCUT2D eigenvalue weighted by atomic mass is 9.79. The smallest absolute Gasteiger partial charge is 0.165 e. The lowest BCUT2D eigenvalue weighted by Crippen LogP contribution is -2.24. The van der Waals surface area contributed by atoms with E-state index >= 15 is 0 Å². The molecular formula is C19H26O. The maximum atomic E-state index is 12.4. The molecular weight excluding hydrogens is 244 g/mol. The van der Waals surface area contributed by atoms with Crippen LogP contribution >= 0.6 is 0 Å². The summed E-state index contributed by atoms with van der Waals surface area (Å²) in [5, 5.41) is 0. The third-order valence-corrected chi connectivity index (χ3v) is 3.52. The Balaban J connectivity index is 2.74. The molecule has 0 fully saturated rings. The molecule has 0 saturated carbocycles. The van der Waals surface area contributed by atoms with Crippen LogP contribution in [0.5, 0.6) is 0 Å². The molecule has 1 nitrogen and oxygen atoms in total. The van der Waals surface area contributed by atoms with Crippen molar-refractivity contribution in [1.29, 1.82) is 0 Å². The van der Waals surface area contributed by atoms with Crippen LogP contribution in [0.2, 0.25) is 0 Å². The van der Waals surface area contributed by atoms with E-state index in [0.29, 0.717) is 0 Å². The Labute approximate surface area is 123 Å². The van der Waals surface area contributed by atoms with Crippen molar-refractivity contribution in [3.63, 3.8) is 0 Å². The van der Waals surface area contributed by atoms with Crippen LogP contribution < -0.4 is 0 Å². The van der Waals surface area contributed by atoms with Crippen molar-refractivity contribution >= 4 is 5.78 Å². The molecule has 0 bridgehead atoms. The van der Waals surface area contributed by atoms with E-state index in [1.807, 2.05) is 31.2 Å². The number of allylic oxidation sites excluding steroid dienone is 3. The largest absolute Gasteiger partial charge is 0.294 e. The van der Waals surface area contributed by atoms with Crippen LogP contribution in [0.25, 0.3) is 0 Å². The van der Waals surface area contributed by atoms with Crippen molar-refractivity contribution < 1.29 is 4.79 Å². The van der Waals surface area contributed by atoms with Crippen LogP contribution in [0.3, 0.4) is 0 Å².